The molecular formula is C24H21N3O6S. The van der Waals surface area contributed by atoms with Gasteiger partial charge in [0.05, 0.1) is 31.5 Å². The normalized spacial score (nSPS) is 17.2. The predicted octanol–water partition coefficient (Wildman–Crippen LogP) is 3.58. The number of carbonyl (C=O) groups is 3. The number of benzene rings is 1. The van der Waals surface area contributed by atoms with Gasteiger partial charge in [-0.25, -0.2) is 9.78 Å². The van der Waals surface area contributed by atoms with E-state index in [1.807, 2.05) is 0 Å². The third-order valence-electron chi connectivity index (χ3n) is 5.50. The zero-order valence-corrected chi connectivity index (χ0v) is 19.7. The molecule has 3 aromatic rings. The zero-order valence-electron chi connectivity index (χ0n) is 18.9. The number of amides is 1. The Balaban J connectivity index is 1.93. The highest BCUT2D eigenvalue weighted by Crippen LogP contribution is 2.44. The Kier molecular flexibility index (Phi) is 6.16. The Bertz CT molecular complexity index is 1330. The maximum Gasteiger partial charge on any atom is 0.350 e. The molecule has 9 nitrogen and oxygen atoms in total. The molecule has 3 heterocycles. The molecule has 1 aromatic carbocycles. The fraction of sp³-hybridized carbons (Fsp3) is 0.208. The second-order valence-electron chi connectivity index (χ2n) is 7.54. The molecule has 0 saturated carbocycles. The van der Waals surface area contributed by atoms with Crippen LogP contribution in [0.2, 0.25) is 0 Å². The summed E-state index contributed by atoms with van der Waals surface area (Å²) in [5, 5.41) is 11.4. The summed E-state index contributed by atoms with van der Waals surface area (Å²) in [6, 6.07) is 7.38. The molecule has 2 aromatic heterocycles. The molecule has 1 saturated heterocycles. The number of pyridine rings is 1. The minimum absolute atomic E-state index is 0.0984. The van der Waals surface area contributed by atoms with E-state index in [1.54, 1.807) is 50.4 Å². The molecule has 10 heteroatoms. The number of aliphatic hydroxyl groups excluding tert-OH is 1. The lowest BCUT2D eigenvalue weighted by atomic mass is 9.95. The van der Waals surface area contributed by atoms with Crippen LogP contribution in [0.15, 0.2) is 48.3 Å². The molecule has 1 aliphatic rings. The van der Waals surface area contributed by atoms with E-state index in [9.17, 15) is 19.5 Å². The van der Waals surface area contributed by atoms with Gasteiger partial charge in [-0.1, -0.05) is 17.4 Å². The van der Waals surface area contributed by atoms with Gasteiger partial charge in [-0.2, -0.15) is 0 Å². The fourth-order valence-electron chi connectivity index (χ4n) is 3.82. The average Bonchev–Trinajstić information content (AvgIpc) is 3.35. The summed E-state index contributed by atoms with van der Waals surface area (Å²) in [5.74, 6) is -2.06. The highest BCUT2D eigenvalue weighted by atomic mass is 32.1. The molecule has 1 atom stereocenters. The van der Waals surface area contributed by atoms with Gasteiger partial charge in [0.25, 0.3) is 5.78 Å². The number of esters is 1. The van der Waals surface area contributed by atoms with Gasteiger partial charge in [-0.15, -0.1) is 0 Å². The van der Waals surface area contributed by atoms with Crippen molar-refractivity contribution in [1.29, 1.82) is 0 Å². The summed E-state index contributed by atoms with van der Waals surface area (Å²) in [6.45, 7) is 3.38. The van der Waals surface area contributed by atoms with Crippen molar-refractivity contribution in [2.75, 3.05) is 19.1 Å². The third-order valence-corrected chi connectivity index (χ3v) is 6.63. The summed E-state index contributed by atoms with van der Waals surface area (Å²) in [6.07, 6.45) is 3.07. The van der Waals surface area contributed by atoms with Crippen molar-refractivity contribution in [3.8, 4) is 5.75 Å². The van der Waals surface area contributed by atoms with Crippen molar-refractivity contribution in [2.45, 2.75) is 19.9 Å². The number of aromatic nitrogens is 2. The number of hydrogen-bond acceptors (Lipinski definition) is 9. The Morgan fingerprint density at radius 2 is 1.94 bits per heavy atom. The highest BCUT2D eigenvalue weighted by Gasteiger charge is 2.48. The number of anilines is 1. The highest BCUT2D eigenvalue weighted by molar-refractivity contribution is 7.17. The van der Waals surface area contributed by atoms with Crippen LogP contribution in [0.1, 0.15) is 38.1 Å². The maximum atomic E-state index is 13.2. The molecular weight excluding hydrogens is 458 g/mol. The summed E-state index contributed by atoms with van der Waals surface area (Å²) >= 11 is 0.937. The summed E-state index contributed by atoms with van der Waals surface area (Å²) in [7, 11) is 2.78. The van der Waals surface area contributed by atoms with E-state index in [2.05, 4.69) is 9.97 Å². The van der Waals surface area contributed by atoms with Crippen molar-refractivity contribution >= 4 is 39.9 Å². The van der Waals surface area contributed by atoms with Crippen LogP contribution in [0, 0.1) is 13.8 Å². The summed E-state index contributed by atoms with van der Waals surface area (Å²) < 4.78 is 10.0. The van der Waals surface area contributed by atoms with Crippen molar-refractivity contribution in [2.24, 2.45) is 0 Å². The monoisotopic (exact) mass is 479 g/mol. The van der Waals surface area contributed by atoms with E-state index in [1.165, 1.54) is 25.3 Å². The van der Waals surface area contributed by atoms with Crippen molar-refractivity contribution in [3.05, 3.63) is 75.6 Å². The zero-order chi connectivity index (χ0) is 24.6. The van der Waals surface area contributed by atoms with Crippen LogP contribution in [-0.4, -0.2) is 47.0 Å². The number of hydrogen-bond donors (Lipinski definition) is 1. The van der Waals surface area contributed by atoms with E-state index in [-0.39, 0.29) is 21.3 Å². The van der Waals surface area contributed by atoms with Crippen LogP contribution in [0.5, 0.6) is 5.75 Å². The molecule has 1 amide bonds. The van der Waals surface area contributed by atoms with Gasteiger partial charge in [0.2, 0.25) is 0 Å². The van der Waals surface area contributed by atoms with Gasteiger partial charge in [-0.05, 0) is 49.2 Å². The first-order valence-corrected chi connectivity index (χ1v) is 11.0. The lowest BCUT2D eigenvalue weighted by Gasteiger charge is -2.22. The number of nitrogens with zero attached hydrogens (tertiary/aromatic N) is 3. The topological polar surface area (TPSA) is 119 Å². The molecule has 34 heavy (non-hydrogen) atoms. The van der Waals surface area contributed by atoms with E-state index in [4.69, 9.17) is 9.47 Å². The Morgan fingerprint density at radius 1 is 1.18 bits per heavy atom. The first kappa shape index (κ1) is 23.1. The van der Waals surface area contributed by atoms with Crippen molar-refractivity contribution in [1.82, 2.24) is 9.97 Å². The number of carbonyl (C=O) groups excluding carboxylic acids is 3. The number of thiazole rings is 1. The molecule has 1 fully saturated rings. The van der Waals surface area contributed by atoms with E-state index >= 15 is 0 Å². The second kappa shape index (κ2) is 9.06. The molecule has 0 spiro atoms. The number of Topliss-reactive ketones (excluding diaryl/α,β-unsaturated/α-hetero) is 1. The molecule has 0 bridgehead atoms. The molecule has 0 radical (unpaired) electrons. The number of aliphatic hydroxyl groups is 1. The smallest absolute Gasteiger partial charge is 0.350 e. The van der Waals surface area contributed by atoms with Crippen molar-refractivity contribution < 1.29 is 29.0 Å². The number of ketones is 1. The minimum atomic E-state index is -0.994. The van der Waals surface area contributed by atoms with Crippen LogP contribution in [0.25, 0.3) is 5.76 Å². The van der Waals surface area contributed by atoms with Gasteiger partial charge >= 0.3 is 11.9 Å². The van der Waals surface area contributed by atoms with Gasteiger partial charge in [-0.3, -0.25) is 19.5 Å². The second-order valence-corrected chi connectivity index (χ2v) is 8.52. The molecule has 4 rings (SSSR count). The Morgan fingerprint density at radius 3 is 2.56 bits per heavy atom. The quantitative estimate of drug-likeness (QED) is 0.255. The lowest BCUT2D eigenvalue weighted by molar-refractivity contribution is -0.132. The van der Waals surface area contributed by atoms with Crippen LogP contribution in [0.3, 0.4) is 0 Å². The number of ether oxygens (including phenoxy) is 2. The number of rotatable bonds is 5. The number of aryl methyl sites for hydroxylation is 2. The maximum absolute atomic E-state index is 13.2. The first-order chi connectivity index (χ1) is 16.3. The van der Waals surface area contributed by atoms with Crippen molar-refractivity contribution in [3.63, 3.8) is 0 Å². The molecule has 1 aliphatic heterocycles. The Hall–Kier alpha value is -4.05. The third kappa shape index (κ3) is 3.81. The lowest BCUT2D eigenvalue weighted by Crippen LogP contribution is -2.29. The van der Waals surface area contributed by atoms with Crippen LogP contribution in [-0.2, 0) is 14.3 Å². The van der Waals surface area contributed by atoms with Crippen LogP contribution < -0.4 is 9.64 Å². The first-order valence-electron chi connectivity index (χ1n) is 10.2. The summed E-state index contributed by atoms with van der Waals surface area (Å²) in [4.78, 5) is 48.5. The molecule has 174 valence electrons. The molecule has 0 unspecified atom stereocenters. The van der Waals surface area contributed by atoms with Gasteiger partial charge in [0, 0.05) is 18.0 Å². The van der Waals surface area contributed by atoms with E-state index in [0.29, 0.717) is 28.1 Å². The summed E-state index contributed by atoms with van der Waals surface area (Å²) in [5.41, 5.74) is 1.81. The van der Waals surface area contributed by atoms with E-state index in [0.717, 1.165) is 11.3 Å². The minimum Gasteiger partial charge on any atom is -0.507 e. The standard InChI is InChI=1S/C24H21N3O6S/c1-12-10-15(32-3)7-8-16(12)19(28)17-18(14-6-5-9-25-11-14)27(22(30)20(17)29)24-26-13(2)21(34-24)23(31)33-4/h5-11,18,28H,1-4H3/b19-17+/t18-/m1/s1. The largest absolute Gasteiger partial charge is 0.507 e. The van der Waals surface area contributed by atoms with E-state index < -0.39 is 23.7 Å². The van der Waals surface area contributed by atoms with Gasteiger partial charge in [0.15, 0.2) is 5.13 Å². The van der Waals surface area contributed by atoms with Crippen LogP contribution in [0.4, 0.5) is 5.13 Å². The fourth-order valence-corrected chi connectivity index (χ4v) is 4.84. The number of methoxy groups -OCH3 is 2. The van der Waals surface area contributed by atoms with Gasteiger partial charge in [0.1, 0.15) is 16.4 Å². The average molecular weight is 480 g/mol. The Labute approximate surface area is 199 Å². The SMILES string of the molecule is COC(=O)c1sc(N2C(=O)C(=O)/C(=C(/O)c3ccc(OC)cc3C)[C@H]2c2cccnc2)nc1C. The van der Waals surface area contributed by atoms with Gasteiger partial charge < -0.3 is 14.6 Å². The molecule has 1 N–H and O–H groups in total. The predicted molar refractivity (Wildman–Crippen MR) is 125 cm³/mol. The molecule has 0 aliphatic carbocycles. The van der Waals surface area contributed by atoms with Crippen LogP contribution >= 0.6 is 11.3 Å².